The summed E-state index contributed by atoms with van der Waals surface area (Å²) in [5, 5.41) is 10.4. The summed E-state index contributed by atoms with van der Waals surface area (Å²) >= 11 is 0. The second-order valence-electron chi connectivity index (χ2n) is 3.31. The van der Waals surface area contributed by atoms with Gasteiger partial charge in [-0.05, 0) is 19.9 Å². The van der Waals surface area contributed by atoms with Crippen LogP contribution < -0.4 is 10.6 Å². The molecule has 1 fully saturated rings. The first-order valence-corrected chi connectivity index (χ1v) is 4.58. The molecule has 0 radical (unpaired) electrons. The molecule has 0 bridgehead atoms. The van der Waals surface area contributed by atoms with Gasteiger partial charge in [-0.25, -0.2) is 0 Å². The number of hydrogen-bond donors (Lipinski definition) is 2. The molecule has 0 aliphatic carbocycles. The molecule has 13 heavy (non-hydrogen) atoms. The lowest BCUT2D eigenvalue weighted by atomic mass is 10.2. The number of rotatable bonds is 3. The summed E-state index contributed by atoms with van der Waals surface area (Å²) < 4.78 is 4.98. The maximum atomic E-state index is 4.98. The maximum absolute atomic E-state index is 4.98. The van der Waals surface area contributed by atoms with Crippen molar-refractivity contribution in [3.8, 4) is 0 Å². The van der Waals surface area contributed by atoms with Crippen molar-refractivity contribution >= 4 is 0 Å². The van der Waals surface area contributed by atoms with E-state index in [9.17, 15) is 0 Å². The minimum Gasteiger partial charge on any atom is -0.338 e. The Hall–Kier alpha value is -0.940. The number of hydrogen-bond acceptors (Lipinski definition) is 5. The van der Waals surface area contributed by atoms with Crippen LogP contribution in [0.2, 0.25) is 0 Å². The molecule has 0 spiro atoms. The quantitative estimate of drug-likeness (QED) is 0.679. The maximum Gasteiger partial charge on any atom is 0.240 e. The zero-order valence-electron chi connectivity index (χ0n) is 7.71. The Morgan fingerprint density at radius 1 is 1.69 bits per heavy atom. The van der Waals surface area contributed by atoms with Crippen LogP contribution in [0.1, 0.15) is 18.1 Å². The third kappa shape index (κ3) is 2.26. The summed E-state index contributed by atoms with van der Waals surface area (Å²) in [6.07, 6.45) is 1.17. The van der Waals surface area contributed by atoms with Gasteiger partial charge in [0, 0.05) is 12.6 Å². The van der Waals surface area contributed by atoms with Crippen molar-refractivity contribution in [3.05, 3.63) is 11.7 Å². The van der Waals surface area contributed by atoms with E-state index in [1.54, 1.807) is 0 Å². The molecule has 2 rings (SSSR count). The van der Waals surface area contributed by atoms with Crippen LogP contribution in [-0.4, -0.2) is 29.3 Å². The molecule has 1 aromatic heterocycles. The Morgan fingerprint density at radius 3 is 3.23 bits per heavy atom. The summed E-state index contributed by atoms with van der Waals surface area (Å²) in [6, 6.07) is 0.548. The Bertz CT molecular complexity index is 267. The van der Waals surface area contributed by atoms with Gasteiger partial charge in [0.1, 0.15) is 0 Å². The highest BCUT2D eigenvalue weighted by Crippen LogP contribution is 2.00. The molecule has 2 N–H and O–H groups in total. The van der Waals surface area contributed by atoms with E-state index in [1.165, 1.54) is 6.42 Å². The van der Waals surface area contributed by atoms with Crippen LogP contribution in [0.3, 0.4) is 0 Å². The van der Waals surface area contributed by atoms with Crippen LogP contribution in [0.5, 0.6) is 0 Å². The minimum atomic E-state index is 0.548. The fourth-order valence-corrected chi connectivity index (χ4v) is 1.47. The van der Waals surface area contributed by atoms with Gasteiger partial charge < -0.3 is 15.2 Å². The molecule has 0 amide bonds. The number of nitrogens with zero attached hydrogens (tertiary/aromatic N) is 2. The second kappa shape index (κ2) is 3.85. The molecule has 1 atom stereocenters. The van der Waals surface area contributed by atoms with E-state index in [1.807, 2.05) is 6.92 Å². The lowest BCUT2D eigenvalue weighted by Crippen LogP contribution is -2.30. The summed E-state index contributed by atoms with van der Waals surface area (Å²) in [5.41, 5.74) is 0. The Balaban J connectivity index is 1.78. The van der Waals surface area contributed by atoms with Crippen LogP contribution in [0, 0.1) is 6.92 Å². The normalized spacial score (nSPS) is 22.4. The summed E-state index contributed by atoms with van der Waals surface area (Å²) in [5.74, 6) is 1.37. The second-order valence-corrected chi connectivity index (χ2v) is 3.31. The summed E-state index contributed by atoms with van der Waals surface area (Å²) in [7, 11) is 0. The Morgan fingerprint density at radius 2 is 2.62 bits per heavy atom. The molecule has 1 aliphatic heterocycles. The fraction of sp³-hybridized carbons (Fsp3) is 0.750. The first-order chi connectivity index (χ1) is 6.34. The molecule has 5 nitrogen and oxygen atoms in total. The predicted octanol–water partition coefficient (Wildman–Crippen LogP) is -0.170. The minimum absolute atomic E-state index is 0.548. The van der Waals surface area contributed by atoms with E-state index < -0.39 is 0 Å². The Labute approximate surface area is 76.9 Å². The van der Waals surface area contributed by atoms with Crippen LogP contribution in [0.25, 0.3) is 0 Å². The number of aryl methyl sites for hydroxylation is 1. The zero-order valence-corrected chi connectivity index (χ0v) is 7.71. The lowest BCUT2D eigenvalue weighted by molar-refractivity contribution is 0.356. The van der Waals surface area contributed by atoms with E-state index in [4.69, 9.17) is 4.52 Å². The van der Waals surface area contributed by atoms with Crippen LogP contribution >= 0.6 is 0 Å². The van der Waals surface area contributed by atoms with Crippen molar-refractivity contribution in [1.29, 1.82) is 0 Å². The predicted molar refractivity (Wildman–Crippen MR) is 47.1 cm³/mol. The van der Waals surface area contributed by atoms with Gasteiger partial charge in [-0.15, -0.1) is 0 Å². The van der Waals surface area contributed by atoms with Crippen molar-refractivity contribution in [2.24, 2.45) is 0 Å². The van der Waals surface area contributed by atoms with Gasteiger partial charge in [0.25, 0.3) is 0 Å². The van der Waals surface area contributed by atoms with E-state index in [-0.39, 0.29) is 0 Å². The molecule has 1 aliphatic rings. The Kier molecular flexibility index (Phi) is 2.56. The zero-order chi connectivity index (χ0) is 9.10. The number of nitrogens with one attached hydrogen (secondary N) is 2. The summed E-state index contributed by atoms with van der Waals surface area (Å²) in [4.78, 5) is 4.11. The van der Waals surface area contributed by atoms with E-state index in [0.29, 0.717) is 24.3 Å². The molecule has 0 aromatic carbocycles. The first kappa shape index (κ1) is 8.65. The molecule has 0 saturated carbocycles. The topological polar surface area (TPSA) is 63.0 Å². The van der Waals surface area contributed by atoms with Gasteiger partial charge in [0.15, 0.2) is 5.82 Å². The highest BCUT2D eigenvalue weighted by molar-refractivity contribution is 4.84. The van der Waals surface area contributed by atoms with Gasteiger partial charge in [0.2, 0.25) is 5.89 Å². The number of aromatic nitrogens is 2. The SMILES string of the molecule is Cc1noc(CNC2CCNC2)n1. The average molecular weight is 182 g/mol. The third-order valence-corrected chi connectivity index (χ3v) is 2.17. The van der Waals surface area contributed by atoms with Gasteiger partial charge in [-0.1, -0.05) is 5.16 Å². The smallest absolute Gasteiger partial charge is 0.240 e. The van der Waals surface area contributed by atoms with Gasteiger partial charge >= 0.3 is 0 Å². The standard InChI is InChI=1S/C8H14N4O/c1-6-11-8(13-12-6)5-10-7-2-3-9-4-7/h7,9-10H,2-5H2,1H3. The van der Waals surface area contributed by atoms with Gasteiger partial charge in [0.05, 0.1) is 6.54 Å². The fourth-order valence-electron chi connectivity index (χ4n) is 1.47. The van der Waals surface area contributed by atoms with Crippen LogP contribution in [0.4, 0.5) is 0 Å². The molecule has 1 unspecified atom stereocenters. The molecule has 72 valence electrons. The molecule has 1 aromatic rings. The first-order valence-electron chi connectivity index (χ1n) is 4.58. The van der Waals surface area contributed by atoms with E-state index >= 15 is 0 Å². The highest BCUT2D eigenvalue weighted by Gasteiger charge is 2.14. The molecule has 5 heteroatoms. The lowest BCUT2D eigenvalue weighted by Gasteiger charge is -2.07. The van der Waals surface area contributed by atoms with Gasteiger partial charge in [-0.2, -0.15) is 4.98 Å². The van der Waals surface area contributed by atoms with Crippen molar-refractivity contribution in [2.75, 3.05) is 13.1 Å². The summed E-state index contributed by atoms with van der Waals surface area (Å²) in [6.45, 7) is 4.63. The van der Waals surface area contributed by atoms with E-state index in [2.05, 4.69) is 20.8 Å². The molecule has 1 saturated heterocycles. The molecular weight excluding hydrogens is 168 g/mol. The van der Waals surface area contributed by atoms with Gasteiger partial charge in [-0.3, -0.25) is 0 Å². The van der Waals surface area contributed by atoms with E-state index in [0.717, 1.165) is 13.1 Å². The average Bonchev–Trinajstić information content (AvgIpc) is 2.71. The van der Waals surface area contributed by atoms with Crippen molar-refractivity contribution in [2.45, 2.75) is 25.9 Å². The monoisotopic (exact) mass is 182 g/mol. The molecule has 2 heterocycles. The largest absolute Gasteiger partial charge is 0.338 e. The molecular formula is C8H14N4O. The third-order valence-electron chi connectivity index (χ3n) is 2.17. The van der Waals surface area contributed by atoms with Crippen LogP contribution in [-0.2, 0) is 6.54 Å². The van der Waals surface area contributed by atoms with Crippen molar-refractivity contribution in [3.63, 3.8) is 0 Å². The van der Waals surface area contributed by atoms with Crippen molar-refractivity contribution < 1.29 is 4.52 Å². The van der Waals surface area contributed by atoms with Crippen LogP contribution in [0.15, 0.2) is 4.52 Å². The van der Waals surface area contributed by atoms with Crippen molar-refractivity contribution in [1.82, 2.24) is 20.8 Å². The highest BCUT2D eigenvalue weighted by atomic mass is 16.5.